The molecule has 0 aromatic rings. The molecule has 3 amide bonds. The number of carboxylic acid groups (broad SMARTS) is 1. The van der Waals surface area contributed by atoms with Crippen LogP contribution in [-0.4, -0.2) is 47.5 Å². The second-order valence-electron chi connectivity index (χ2n) is 3.70. The molecular weight excluding hydrogens is 240 g/mol. The summed E-state index contributed by atoms with van der Waals surface area (Å²) in [6, 6.07) is -1.78. The van der Waals surface area contributed by atoms with Crippen LogP contribution in [0.4, 0.5) is 4.79 Å². The summed E-state index contributed by atoms with van der Waals surface area (Å²) in [6.07, 6.45) is 1.78. The number of carboxylic acids is 1. The van der Waals surface area contributed by atoms with Crippen LogP contribution in [-0.2, 0) is 9.59 Å². The summed E-state index contributed by atoms with van der Waals surface area (Å²) >= 11 is 0. The minimum absolute atomic E-state index is 0.0705. The molecule has 1 atom stereocenters. The Labute approximate surface area is 103 Å². The highest BCUT2D eigenvalue weighted by Crippen LogP contribution is 2.02. The summed E-state index contributed by atoms with van der Waals surface area (Å²) in [5, 5.41) is 11.3. The zero-order chi connectivity index (χ0) is 13.5. The first-order valence-electron chi connectivity index (χ1n) is 5.40. The highest BCUT2D eigenvalue weighted by Gasteiger charge is 2.23. The van der Waals surface area contributed by atoms with E-state index in [2.05, 4.69) is 15.3 Å². The van der Waals surface area contributed by atoms with Crippen LogP contribution in [0.1, 0.15) is 19.3 Å². The van der Waals surface area contributed by atoms with Gasteiger partial charge in [0.2, 0.25) is 5.91 Å². The zero-order valence-corrected chi connectivity index (χ0v) is 9.63. The molecule has 0 radical (unpaired) electrons. The fourth-order valence-corrected chi connectivity index (χ4v) is 1.35. The topological polar surface area (TPSA) is 134 Å². The Bertz CT molecular complexity index is 416. The van der Waals surface area contributed by atoms with Crippen molar-refractivity contribution < 1.29 is 19.5 Å². The van der Waals surface area contributed by atoms with Gasteiger partial charge in [-0.05, 0) is 13.0 Å². The van der Waals surface area contributed by atoms with E-state index in [4.69, 9.17) is 10.8 Å². The van der Waals surface area contributed by atoms with Gasteiger partial charge in [0.25, 0.3) is 0 Å². The number of rotatable bonds is 7. The standard InChI is InChI=1S/C10H14N4O4/c11-3-1-2-8(15)14-7(9(16)17)4-6-5-12-10(18)13-6/h5,7H,1-4,11H2,(H,14,15)(H,16,17)/t7-/m0/s1. The number of aliphatic imine (C=N–C) groups is 2. The summed E-state index contributed by atoms with van der Waals surface area (Å²) in [7, 11) is 0. The Morgan fingerprint density at radius 2 is 2.22 bits per heavy atom. The summed E-state index contributed by atoms with van der Waals surface area (Å²) in [5.41, 5.74) is 5.49. The lowest BCUT2D eigenvalue weighted by Gasteiger charge is -2.13. The van der Waals surface area contributed by atoms with Gasteiger partial charge in [-0.2, -0.15) is 9.98 Å². The monoisotopic (exact) mass is 254 g/mol. The molecule has 1 heterocycles. The molecule has 0 bridgehead atoms. The first-order valence-corrected chi connectivity index (χ1v) is 5.40. The average Bonchev–Trinajstić information content (AvgIpc) is 2.71. The van der Waals surface area contributed by atoms with Crippen molar-refractivity contribution in [1.29, 1.82) is 0 Å². The Morgan fingerprint density at radius 1 is 1.50 bits per heavy atom. The predicted octanol–water partition coefficient (Wildman–Crippen LogP) is -0.670. The second kappa shape index (κ2) is 6.60. The van der Waals surface area contributed by atoms with Gasteiger partial charge in [-0.1, -0.05) is 0 Å². The van der Waals surface area contributed by atoms with Crippen LogP contribution < -0.4 is 11.1 Å². The predicted molar refractivity (Wildman–Crippen MR) is 63.8 cm³/mol. The number of carbonyl (C=O) groups is 3. The first-order chi connectivity index (χ1) is 8.52. The Kier molecular flexibility index (Phi) is 5.12. The van der Waals surface area contributed by atoms with E-state index in [0.29, 0.717) is 13.0 Å². The van der Waals surface area contributed by atoms with Crippen molar-refractivity contribution in [2.75, 3.05) is 6.54 Å². The summed E-state index contributed by atoms with van der Waals surface area (Å²) in [5.74, 6) is -1.58. The normalized spacial score (nSPS) is 15.4. The number of amides is 3. The molecule has 0 spiro atoms. The molecule has 0 aromatic heterocycles. The van der Waals surface area contributed by atoms with Gasteiger partial charge in [-0.25, -0.2) is 9.59 Å². The average molecular weight is 254 g/mol. The minimum atomic E-state index is -1.19. The summed E-state index contributed by atoms with van der Waals surface area (Å²) in [4.78, 5) is 39.9. The molecule has 0 aromatic carbocycles. The molecule has 4 N–H and O–H groups in total. The van der Waals surface area contributed by atoms with Crippen molar-refractivity contribution >= 4 is 29.8 Å². The van der Waals surface area contributed by atoms with Gasteiger partial charge in [0.05, 0.1) is 11.9 Å². The Balaban J connectivity index is 2.53. The highest BCUT2D eigenvalue weighted by atomic mass is 16.4. The Hall–Kier alpha value is -2.09. The summed E-state index contributed by atoms with van der Waals surface area (Å²) in [6.45, 7) is 0.360. The van der Waals surface area contributed by atoms with Crippen molar-refractivity contribution in [3.05, 3.63) is 0 Å². The van der Waals surface area contributed by atoms with Crippen LogP contribution in [0, 0.1) is 0 Å². The summed E-state index contributed by atoms with van der Waals surface area (Å²) < 4.78 is 0. The van der Waals surface area contributed by atoms with E-state index < -0.39 is 23.9 Å². The van der Waals surface area contributed by atoms with E-state index >= 15 is 0 Å². The zero-order valence-electron chi connectivity index (χ0n) is 9.63. The molecule has 0 fully saturated rings. The van der Waals surface area contributed by atoms with Gasteiger partial charge < -0.3 is 16.2 Å². The van der Waals surface area contributed by atoms with E-state index in [-0.39, 0.29) is 18.6 Å². The number of hydrogen-bond acceptors (Lipinski definition) is 4. The van der Waals surface area contributed by atoms with Crippen LogP contribution in [0.2, 0.25) is 0 Å². The van der Waals surface area contributed by atoms with Gasteiger partial charge in [0.1, 0.15) is 6.04 Å². The van der Waals surface area contributed by atoms with Crippen LogP contribution in [0.3, 0.4) is 0 Å². The lowest BCUT2D eigenvalue weighted by atomic mass is 10.1. The number of carbonyl (C=O) groups excluding carboxylic acids is 2. The molecule has 8 heteroatoms. The van der Waals surface area contributed by atoms with Crippen molar-refractivity contribution in [2.24, 2.45) is 15.7 Å². The van der Waals surface area contributed by atoms with Crippen LogP contribution in [0.25, 0.3) is 0 Å². The third-order valence-corrected chi connectivity index (χ3v) is 2.22. The lowest BCUT2D eigenvalue weighted by Crippen LogP contribution is -2.42. The van der Waals surface area contributed by atoms with Gasteiger partial charge in [0.15, 0.2) is 0 Å². The number of nitrogens with two attached hydrogens (primary N) is 1. The second-order valence-corrected chi connectivity index (χ2v) is 3.70. The molecule has 18 heavy (non-hydrogen) atoms. The number of aliphatic carboxylic acids is 1. The van der Waals surface area contributed by atoms with Crippen molar-refractivity contribution in [3.63, 3.8) is 0 Å². The Morgan fingerprint density at radius 3 is 2.72 bits per heavy atom. The van der Waals surface area contributed by atoms with E-state index in [1.54, 1.807) is 0 Å². The number of nitrogens with one attached hydrogen (secondary N) is 1. The number of nitrogens with zero attached hydrogens (tertiary/aromatic N) is 2. The van der Waals surface area contributed by atoms with E-state index in [0.717, 1.165) is 0 Å². The molecule has 98 valence electrons. The fraction of sp³-hybridized carbons (Fsp3) is 0.500. The molecule has 1 rings (SSSR count). The number of urea groups is 1. The molecule has 1 aliphatic heterocycles. The largest absolute Gasteiger partial charge is 0.480 e. The van der Waals surface area contributed by atoms with Crippen molar-refractivity contribution in [1.82, 2.24) is 5.32 Å². The van der Waals surface area contributed by atoms with Gasteiger partial charge in [-0.15, -0.1) is 0 Å². The molecule has 1 aliphatic rings. The third kappa shape index (κ3) is 4.42. The molecule has 0 unspecified atom stereocenters. The van der Waals surface area contributed by atoms with E-state index in [1.165, 1.54) is 6.21 Å². The van der Waals surface area contributed by atoms with Crippen LogP contribution in [0.5, 0.6) is 0 Å². The maximum absolute atomic E-state index is 11.4. The third-order valence-electron chi connectivity index (χ3n) is 2.22. The van der Waals surface area contributed by atoms with E-state index in [1.807, 2.05) is 0 Å². The molecule has 0 saturated carbocycles. The van der Waals surface area contributed by atoms with Crippen LogP contribution >= 0.6 is 0 Å². The van der Waals surface area contributed by atoms with E-state index in [9.17, 15) is 14.4 Å². The quantitative estimate of drug-likeness (QED) is 0.553. The molecular formula is C10H14N4O4. The van der Waals surface area contributed by atoms with Gasteiger partial charge in [-0.3, -0.25) is 4.79 Å². The fourth-order valence-electron chi connectivity index (χ4n) is 1.35. The lowest BCUT2D eigenvalue weighted by molar-refractivity contribution is -0.141. The maximum Gasteiger partial charge on any atom is 0.367 e. The molecule has 0 saturated heterocycles. The maximum atomic E-state index is 11.4. The minimum Gasteiger partial charge on any atom is -0.480 e. The van der Waals surface area contributed by atoms with Crippen molar-refractivity contribution in [2.45, 2.75) is 25.3 Å². The van der Waals surface area contributed by atoms with Crippen molar-refractivity contribution in [3.8, 4) is 0 Å². The number of hydrogen-bond donors (Lipinski definition) is 3. The van der Waals surface area contributed by atoms with Gasteiger partial charge in [0, 0.05) is 12.8 Å². The van der Waals surface area contributed by atoms with Gasteiger partial charge >= 0.3 is 12.0 Å². The SMILES string of the molecule is NCCCC(=O)N[C@@H](CC1=NC(=O)N=C1)C(=O)O. The smallest absolute Gasteiger partial charge is 0.367 e. The highest BCUT2D eigenvalue weighted by molar-refractivity contribution is 6.37. The first kappa shape index (κ1) is 14.0. The van der Waals surface area contributed by atoms with Crippen LogP contribution in [0.15, 0.2) is 9.98 Å². The molecule has 8 nitrogen and oxygen atoms in total. The molecule has 0 aliphatic carbocycles.